The van der Waals surface area contributed by atoms with Crippen LogP contribution >= 0.6 is 17.2 Å². The van der Waals surface area contributed by atoms with E-state index in [0.29, 0.717) is 16.9 Å². The Morgan fingerprint density at radius 1 is 0.378 bits per heavy atom. The van der Waals surface area contributed by atoms with Crippen LogP contribution in [-0.2, 0) is 15.1 Å². The zero-order valence-corrected chi connectivity index (χ0v) is 52.0. The van der Waals surface area contributed by atoms with Gasteiger partial charge in [-0.1, -0.05) is 286 Å². The fourth-order valence-electron chi connectivity index (χ4n) is 11.6. The van der Waals surface area contributed by atoms with Gasteiger partial charge in [-0.15, -0.1) is 0 Å². The highest BCUT2D eigenvalue weighted by Crippen LogP contribution is 2.48. The molecule has 0 saturated heterocycles. The van der Waals surface area contributed by atoms with Crippen LogP contribution < -0.4 is 0 Å². The molecule has 2 aromatic carbocycles. The second kappa shape index (κ2) is 41.7. The first-order valence-corrected chi connectivity index (χ1v) is 33.3. The van der Waals surface area contributed by atoms with Crippen molar-refractivity contribution in [2.45, 2.75) is 337 Å². The van der Waals surface area contributed by atoms with Crippen molar-refractivity contribution in [3.63, 3.8) is 0 Å². The molecule has 0 fully saturated rings. The summed E-state index contributed by atoms with van der Waals surface area (Å²) in [5, 5.41) is 22.7. The van der Waals surface area contributed by atoms with Crippen molar-refractivity contribution in [2.24, 2.45) is 5.41 Å². The fraction of sp³-hybridized carbons (Fsp3) is 0.815. The normalized spacial score (nSPS) is 12.4. The average Bonchev–Trinajstić information content (AvgIpc) is 3.31. The Kier molecular flexibility index (Phi) is 39.9. The molecule has 0 unspecified atom stereocenters. The Balaban J connectivity index is 0.00000363. The number of phenolic OH excluding ortho intramolecular Hbond substituents is 2. The quantitative estimate of drug-likeness (QED) is 0.0288. The first-order chi connectivity index (χ1) is 35.2. The number of hydrogen-bond donors (Lipinski definition) is 6. The Hall–Kier alpha value is -1.30. The number of aromatic hydroxyl groups is 2. The lowest BCUT2D eigenvalue weighted by atomic mass is 9.68. The molecule has 74 heavy (non-hydrogen) atoms. The number of aryl methyl sites for hydroxylation is 2. The molecule has 6 N–H and O–H groups in total. The molecule has 0 aliphatic carbocycles. The van der Waals surface area contributed by atoms with Crippen LogP contribution in [0.4, 0.5) is 0 Å². The van der Waals surface area contributed by atoms with E-state index in [1.165, 1.54) is 260 Å². The molecule has 7 nitrogen and oxygen atoms in total. The van der Waals surface area contributed by atoms with Crippen LogP contribution in [0.25, 0.3) is 0 Å². The Bertz CT molecular complexity index is 1520. The largest absolute Gasteiger partial charge is 0.508 e. The first-order valence-electron chi connectivity index (χ1n) is 30.9. The molecule has 0 saturated carbocycles. The van der Waals surface area contributed by atoms with Gasteiger partial charge in [0, 0.05) is 5.92 Å². The molecular formula is C65H120O7P2. The monoisotopic (exact) mass is 1070 g/mol. The lowest BCUT2D eigenvalue weighted by Gasteiger charge is -2.37. The number of rotatable bonds is 43. The second-order valence-corrected chi connectivity index (χ2v) is 26.7. The van der Waals surface area contributed by atoms with E-state index in [1.54, 1.807) is 0 Å². The maximum absolute atomic E-state index is 11.4. The lowest BCUT2D eigenvalue weighted by molar-refractivity contribution is 0.170. The van der Waals surface area contributed by atoms with Gasteiger partial charge in [-0.2, -0.15) is 0 Å². The minimum Gasteiger partial charge on any atom is -0.508 e. The standard InChI is InChI=1S/C65H116O2.H4O5P2/c1-12-15-18-21-24-27-30-33-36-39-42-46-65(47-43-40-37-34-31-28-25-22-19-16-13-2,48-44-41-38-35-32-29-26-23-20-17-14-3)49-45-56(57-52-59(63(6,7)8)61(66)50-54(57)4)58-53-60(64(9,10)11)62(67)51-55(58)5;1-6(2)5-7(3)4/h50-53,56,66-67H,12-49H2,1-11H3;1-4H. The topological polar surface area (TPSA) is 131 Å². The van der Waals surface area contributed by atoms with Crippen LogP contribution in [0.5, 0.6) is 11.5 Å². The molecule has 0 spiro atoms. The third kappa shape index (κ3) is 32.6. The predicted octanol–water partition coefficient (Wildman–Crippen LogP) is 21.7. The number of benzene rings is 2. The summed E-state index contributed by atoms with van der Waals surface area (Å²) in [5.41, 5.74) is 7.21. The summed E-state index contributed by atoms with van der Waals surface area (Å²) >= 11 is 0. The zero-order valence-electron chi connectivity index (χ0n) is 50.2. The molecule has 0 radical (unpaired) electrons. The predicted molar refractivity (Wildman–Crippen MR) is 324 cm³/mol. The third-order valence-electron chi connectivity index (χ3n) is 16.2. The fourth-order valence-corrected chi connectivity index (χ4v) is 12.1. The second-order valence-electron chi connectivity index (χ2n) is 25.0. The van der Waals surface area contributed by atoms with E-state index < -0.39 is 17.2 Å². The summed E-state index contributed by atoms with van der Waals surface area (Å²) in [4.78, 5) is 31.3. The van der Waals surface area contributed by atoms with Gasteiger partial charge in [0.15, 0.2) is 0 Å². The summed E-state index contributed by atoms with van der Waals surface area (Å²) in [5.74, 6) is 1.04. The van der Waals surface area contributed by atoms with Crippen molar-refractivity contribution in [2.75, 3.05) is 0 Å². The highest BCUT2D eigenvalue weighted by molar-refractivity contribution is 7.53. The van der Waals surface area contributed by atoms with Crippen LogP contribution in [0.2, 0.25) is 0 Å². The molecule has 9 heteroatoms. The Morgan fingerprint density at radius 2 is 0.622 bits per heavy atom. The zero-order chi connectivity index (χ0) is 55.3. The van der Waals surface area contributed by atoms with Gasteiger partial charge in [0.05, 0.1) is 0 Å². The molecule has 0 atom stereocenters. The summed E-state index contributed by atoms with van der Waals surface area (Å²) in [6.45, 7) is 24.8. The van der Waals surface area contributed by atoms with Crippen LogP contribution in [0.3, 0.4) is 0 Å². The highest BCUT2D eigenvalue weighted by atomic mass is 31.2. The summed E-state index contributed by atoms with van der Waals surface area (Å²) in [6.07, 6.45) is 52.7. The van der Waals surface area contributed by atoms with Gasteiger partial charge in [0.1, 0.15) is 11.5 Å². The van der Waals surface area contributed by atoms with Gasteiger partial charge < -0.3 is 29.8 Å². The smallest absolute Gasteiger partial charge is 0.334 e. The number of phenols is 2. The minimum absolute atomic E-state index is 0.166. The summed E-state index contributed by atoms with van der Waals surface area (Å²) in [6, 6.07) is 8.85. The summed E-state index contributed by atoms with van der Waals surface area (Å²) in [7, 11) is -5.22. The molecule has 0 aliphatic heterocycles. The first kappa shape index (κ1) is 70.7. The van der Waals surface area contributed by atoms with Crippen LogP contribution in [0.15, 0.2) is 24.3 Å². The molecule has 0 aliphatic rings. The van der Waals surface area contributed by atoms with Crippen LogP contribution in [0.1, 0.15) is 346 Å². The highest BCUT2D eigenvalue weighted by Gasteiger charge is 2.33. The number of hydrogen-bond acceptors (Lipinski definition) is 7. The van der Waals surface area contributed by atoms with Crippen molar-refractivity contribution in [1.29, 1.82) is 0 Å². The average molecular weight is 1080 g/mol. The van der Waals surface area contributed by atoms with E-state index >= 15 is 0 Å². The molecule has 0 amide bonds. The van der Waals surface area contributed by atoms with Crippen molar-refractivity contribution in [3.05, 3.63) is 57.6 Å². The van der Waals surface area contributed by atoms with Gasteiger partial charge in [0.25, 0.3) is 0 Å². The van der Waals surface area contributed by atoms with E-state index in [9.17, 15) is 10.2 Å². The van der Waals surface area contributed by atoms with Crippen LogP contribution in [0, 0.1) is 19.3 Å². The van der Waals surface area contributed by atoms with E-state index in [4.69, 9.17) is 19.6 Å². The van der Waals surface area contributed by atoms with E-state index in [0.717, 1.165) is 17.5 Å². The van der Waals surface area contributed by atoms with Gasteiger partial charge in [-0.05, 0) is 108 Å². The third-order valence-corrected chi connectivity index (χ3v) is 17.3. The molecule has 0 heterocycles. The maximum Gasteiger partial charge on any atom is 0.334 e. The van der Waals surface area contributed by atoms with Crippen molar-refractivity contribution >= 4 is 17.2 Å². The van der Waals surface area contributed by atoms with E-state index in [-0.39, 0.29) is 16.7 Å². The van der Waals surface area contributed by atoms with Gasteiger partial charge >= 0.3 is 17.2 Å². The molecule has 432 valence electrons. The van der Waals surface area contributed by atoms with Gasteiger partial charge in [-0.25, -0.2) is 4.31 Å². The van der Waals surface area contributed by atoms with Gasteiger partial charge in [-0.3, -0.25) is 0 Å². The van der Waals surface area contributed by atoms with E-state index in [1.807, 2.05) is 0 Å². The van der Waals surface area contributed by atoms with Crippen LogP contribution in [-0.4, -0.2) is 29.8 Å². The summed E-state index contributed by atoms with van der Waals surface area (Å²) < 4.78 is 3.60. The van der Waals surface area contributed by atoms with E-state index in [2.05, 4.69) is 105 Å². The lowest BCUT2D eigenvalue weighted by Crippen LogP contribution is -2.23. The molecule has 2 rings (SSSR count). The molecular weight excluding hydrogens is 955 g/mol. The SMILES string of the molecule is CCCCCCCCCCCCCC(CCCCCCCCCCCCC)(CCCCCCCCCCCCC)CCC(c1cc(C(C)(C)C)c(O)cc1C)c1cc(C(C)(C)C)c(O)cc1C.OP(O)OP(O)O. The Morgan fingerprint density at radius 3 is 0.838 bits per heavy atom. The van der Waals surface area contributed by atoms with Gasteiger partial charge in [0.2, 0.25) is 0 Å². The molecule has 0 aromatic heterocycles. The van der Waals surface area contributed by atoms with Crippen molar-refractivity contribution in [3.8, 4) is 11.5 Å². The molecule has 0 bridgehead atoms. The van der Waals surface area contributed by atoms with Crippen molar-refractivity contribution < 1.29 is 34.1 Å². The minimum atomic E-state index is -2.61. The van der Waals surface area contributed by atoms with Crippen molar-refractivity contribution in [1.82, 2.24) is 0 Å². The number of unbranched alkanes of at least 4 members (excludes halogenated alkanes) is 30. The molecule has 2 aromatic rings. The maximum atomic E-state index is 11.4. The Labute approximate surface area is 460 Å².